The largest absolute Gasteiger partial charge is 0.467 e. The van der Waals surface area contributed by atoms with Crippen molar-refractivity contribution < 1.29 is 9.66 Å². The fraction of sp³-hybridized carbons (Fsp3) is 0.273. The second-order valence-corrected chi connectivity index (χ2v) is 5.36. The summed E-state index contributed by atoms with van der Waals surface area (Å²) in [7, 11) is 4.93. The van der Waals surface area contributed by atoms with Gasteiger partial charge in [0.15, 0.2) is 10.7 Å². The molecule has 0 aliphatic carbocycles. The first-order chi connectivity index (χ1) is 10.5. The standard InChI is InChI=1S/C11H11N7O3S/c1-16-4-12-7-6(16)9(15-11(14-7)21-3)22-10-8(18(19)20)13-5-17(10)2/h4-5H,1-3H3. The van der Waals surface area contributed by atoms with Crippen LogP contribution in [0.25, 0.3) is 11.2 Å². The molecule has 0 bridgehead atoms. The molecule has 0 unspecified atom stereocenters. The number of ether oxygens (including phenoxy) is 1. The van der Waals surface area contributed by atoms with Gasteiger partial charge in [-0.3, -0.25) is 0 Å². The molecular formula is C11H11N7O3S. The summed E-state index contributed by atoms with van der Waals surface area (Å²) in [5.41, 5.74) is 1.13. The highest BCUT2D eigenvalue weighted by Crippen LogP contribution is 2.36. The first kappa shape index (κ1) is 14.3. The summed E-state index contributed by atoms with van der Waals surface area (Å²) >= 11 is 1.12. The number of aryl methyl sites for hydroxylation is 2. The maximum Gasteiger partial charge on any atom is 0.396 e. The number of nitrogens with zero attached hydrogens (tertiary/aromatic N) is 7. The predicted octanol–water partition coefficient (Wildman–Crippen LogP) is 1.16. The van der Waals surface area contributed by atoms with Gasteiger partial charge in [-0.2, -0.15) is 9.97 Å². The van der Waals surface area contributed by atoms with E-state index in [0.717, 1.165) is 11.8 Å². The molecule has 0 fully saturated rings. The second-order valence-electron chi connectivity index (χ2n) is 4.39. The highest BCUT2D eigenvalue weighted by molar-refractivity contribution is 7.99. The molecule has 22 heavy (non-hydrogen) atoms. The van der Waals surface area contributed by atoms with E-state index >= 15 is 0 Å². The molecule has 0 saturated heterocycles. The van der Waals surface area contributed by atoms with E-state index in [4.69, 9.17) is 4.74 Å². The summed E-state index contributed by atoms with van der Waals surface area (Å²) in [6.45, 7) is 0. The minimum Gasteiger partial charge on any atom is -0.467 e. The Bertz CT molecular complexity index is 872. The predicted molar refractivity (Wildman–Crippen MR) is 76.8 cm³/mol. The third-order valence-corrected chi connectivity index (χ3v) is 4.07. The average Bonchev–Trinajstić information content (AvgIpc) is 3.03. The van der Waals surface area contributed by atoms with Crippen molar-refractivity contribution in [2.45, 2.75) is 10.1 Å². The van der Waals surface area contributed by atoms with Gasteiger partial charge in [-0.25, -0.2) is 4.98 Å². The van der Waals surface area contributed by atoms with E-state index in [1.54, 1.807) is 29.6 Å². The van der Waals surface area contributed by atoms with Crippen LogP contribution in [-0.2, 0) is 14.1 Å². The van der Waals surface area contributed by atoms with Crippen molar-refractivity contribution in [3.05, 3.63) is 22.8 Å². The third kappa shape index (κ3) is 2.24. The zero-order valence-electron chi connectivity index (χ0n) is 11.9. The van der Waals surface area contributed by atoms with Crippen LogP contribution >= 0.6 is 11.8 Å². The van der Waals surface area contributed by atoms with Gasteiger partial charge in [0, 0.05) is 14.1 Å². The molecule has 0 N–H and O–H groups in total. The van der Waals surface area contributed by atoms with E-state index in [1.165, 1.54) is 13.4 Å². The molecule has 3 aromatic rings. The summed E-state index contributed by atoms with van der Waals surface area (Å²) < 4.78 is 8.38. The lowest BCUT2D eigenvalue weighted by molar-refractivity contribution is -0.392. The van der Waals surface area contributed by atoms with Crippen LogP contribution in [0.5, 0.6) is 6.01 Å². The zero-order chi connectivity index (χ0) is 15.9. The van der Waals surface area contributed by atoms with Crippen LogP contribution in [0, 0.1) is 10.1 Å². The summed E-state index contributed by atoms with van der Waals surface area (Å²) in [4.78, 5) is 26.9. The lowest BCUT2D eigenvalue weighted by atomic mass is 10.5. The van der Waals surface area contributed by atoms with Crippen molar-refractivity contribution in [1.82, 2.24) is 29.1 Å². The van der Waals surface area contributed by atoms with Gasteiger partial charge in [-0.15, -0.1) is 0 Å². The van der Waals surface area contributed by atoms with E-state index < -0.39 is 4.92 Å². The van der Waals surface area contributed by atoms with E-state index in [-0.39, 0.29) is 11.8 Å². The quantitative estimate of drug-likeness (QED) is 0.399. The van der Waals surface area contributed by atoms with Gasteiger partial charge in [0.25, 0.3) is 0 Å². The number of imidazole rings is 2. The highest BCUT2D eigenvalue weighted by atomic mass is 32.2. The summed E-state index contributed by atoms with van der Waals surface area (Å²) in [5.74, 6) is -0.222. The van der Waals surface area contributed by atoms with Crippen LogP contribution in [0.4, 0.5) is 5.82 Å². The number of rotatable bonds is 4. The molecule has 0 atom stereocenters. The van der Waals surface area contributed by atoms with Crippen molar-refractivity contribution >= 4 is 28.7 Å². The van der Waals surface area contributed by atoms with Crippen molar-refractivity contribution in [2.75, 3.05) is 7.11 Å². The molecule has 0 amide bonds. The number of hydrogen-bond acceptors (Lipinski definition) is 8. The number of hydrogen-bond donors (Lipinski definition) is 0. The molecule has 3 rings (SSSR count). The average molecular weight is 321 g/mol. The number of fused-ring (bicyclic) bond motifs is 1. The zero-order valence-corrected chi connectivity index (χ0v) is 12.7. The minimum absolute atomic E-state index is 0.151. The molecule has 11 heteroatoms. The van der Waals surface area contributed by atoms with Crippen molar-refractivity contribution in [3.63, 3.8) is 0 Å². The monoisotopic (exact) mass is 321 g/mol. The van der Waals surface area contributed by atoms with E-state index in [9.17, 15) is 10.1 Å². The second kappa shape index (κ2) is 5.26. The number of aromatic nitrogens is 6. The van der Waals surface area contributed by atoms with Gasteiger partial charge < -0.3 is 24.0 Å². The first-order valence-corrected chi connectivity index (χ1v) is 6.89. The molecule has 0 saturated carbocycles. The Morgan fingerprint density at radius 2 is 1.95 bits per heavy atom. The Morgan fingerprint density at radius 3 is 2.64 bits per heavy atom. The van der Waals surface area contributed by atoms with E-state index in [1.807, 2.05) is 0 Å². The Balaban J connectivity index is 2.16. The Hall–Kier alpha value is -2.69. The number of nitro groups is 1. The Kier molecular flexibility index (Phi) is 3.41. The maximum absolute atomic E-state index is 11.1. The van der Waals surface area contributed by atoms with Crippen molar-refractivity contribution in [1.29, 1.82) is 0 Å². The highest BCUT2D eigenvalue weighted by Gasteiger charge is 2.24. The van der Waals surface area contributed by atoms with E-state index in [2.05, 4.69) is 19.9 Å². The smallest absolute Gasteiger partial charge is 0.396 e. The molecule has 3 aromatic heterocycles. The van der Waals surface area contributed by atoms with Gasteiger partial charge >= 0.3 is 11.8 Å². The summed E-state index contributed by atoms with van der Waals surface area (Å²) in [5, 5.41) is 11.9. The van der Waals surface area contributed by atoms with Crippen LogP contribution in [0.3, 0.4) is 0 Å². The molecule has 0 aliphatic heterocycles. The molecule has 0 spiro atoms. The summed E-state index contributed by atoms with van der Waals surface area (Å²) in [6.07, 6.45) is 2.99. The normalized spacial score (nSPS) is 11.0. The van der Waals surface area contributed by atoms with Crippen LogP contribution in [0.1, 0.15) is 0 Å². The van der Waals surface area contributed by atoms with Crippen molar-refractivity contribution in [2.24, 2.45) is 14.1 Å². The lowest BCUT2D eigenvalue weighted by Crippen LogP contribution is -1.99. The lowest BCUT2D eigenvalue weighted by Gasteiger charge is -2.06. The minimum atomic E-state index is -0.527. The van der Waals surface area contributed by atoms with Gasteiger partial charge in [0.05, 0.1) is 13.4 Å². The van der Waals surface area contributed by atoms with Crippen LogP contribution in [-0.4, -0.2) is 41.1 Å². The maximum atomic E-state index is 11.1. The van der Waals surface area contributed by atoms with Gasteiger partial charge in [0.2, 0.25) is 6.33 Å². The third-order valence-electron chi connectivity index (χ3n) is 2.93. The molecule has 0 aromatic carbocycles. The van der Waals surface area contributed by atoms with Crippen molar-refractivity contribution in [3.8, 4) is 6.01 Å². The molecule has 114 valence electrons. The molecule has 0 aliphatic rings. The molecule has 3 heterocycles. The molecule has 10 nitrogen and oxygen atoms in total. The fourth-order valence-electron chi connectivity index (χ4n) is 1.91. The number of methoxy groups -OCH3 is 1. The van der Waals surface area contributed by atoms with Gasteiger partial charge in [-0.1, -0.05) is 0 Å². The first-order valence-electron chi connectivity index (χ1n) is 6.08. The topological polar surface area (TPSA) is 114 Å². The van der Waals surface area contributed by atoms with Crippen LogP contribution in [0.2, 0.25) is 0 Å². The summed E-state index contributed by atoms with van der Waals surface area (Å²) in [6, 6.07) is 0.151. The molecule has 0 radical (unpaired) electrons. The van der Waals surface area contributed by atoms with E-state index in [0.29, 0.717) is 21.2 Å². The van der Waals surface area contributed by atoms with Crippen LogP contribution < -0.4 is 4.74 Å². The fourth-order valence-corrected chi connectivity index (χ4v) is 2.95. The Morgan fingerprint density at radius 1 is 1.23 bits per heavy atom. The SMILES string of the molecule is COc1nc(Sc2c([N+](=O)[O-])ncn2C)c2c(ncn2C)n1. The molecular weight excluding hydrogens is 310 g/mol. The van der Waals surface area contributed by atoms with Gasteiger partial charge in [-0.05, 0) is 21.7 Å². The van der Waals surface area contributed by atoms with Gasteiger partial charge in [0.1, 0.15) is 10.5 Å². The Labute approximate surface area is 128 Å². The van der Waals surface area contributed by atoms with Crippen LogP contribution in [0.15, 0.2) is 22.7 Å².